The van der Waals surface area contributed by atoms with Gasteiger partial charge in [0, 0.05) is 30.3 Å². The molecule has 20 heavy (non-hydrogen) atoms. The smallest absolute Gasteiger partial charge is 0.258 e. The van der Waals surface area contributed by atoms with Crippen LogP contribution in [0.25, 0.3) is 0 Å². The Morgan fingerprint density at radius 1 is 1.65 bits per heavy atom. The second kappa shape index (κ2) is 6.21. The lowest BCUT2D eigenvalue weighted by Gasteiger charge is -2.33. The van der Waals surface area contributed by atoms with Crippen LogP contribution in [0.15, 0.2) is 16.7 Å². The van der Waals surface area contributed by atoms with Crippen LogP contribution >= 0.6 is 15.9 Å². The standard InChI is InChI=1S/C13H17BrN4O2/c1-3-15-11-10(6-9(14)7-17-11)13(20)18-5-4-16-12(19)8(18)2/h6-8H,3-5H2,1-2H3,(H,15,17)(H,16,19). The summed E-state index contributed by atoms with van der Waals surface area (Å²) >= 11 is 3.33. The van der Waals surface area contributed by atoms with Crippen LogP contribution in [0.3, 0.4) is 0 Å². The molecule has 1 fully saturated rings. The molecule has 0 aromatic carbocycles. The molecule has 2 rings (SSSR count). The number of pyridine rings is 1. The Morgan fingerprint density at radius 3 is 3.10 bits per heavy atom. The normalized spacial score (nSPS) is 18.6. The molecule has 1 saturated heterocycles. The Morgan fingerprint density at radius 2 is 2.40 bits per heavy atom. The van der Waals surface area contributed by atoms with Gasteiger partial charge in [0.05, 0.1) is 5.56 Å². The lowest BCUT2D eigenvalue weighted by Crippen LogP contribution is -2.55. The molecule has 1 unspecified atom stereocenters. The van der Waals surface area contributed by atoms with Gasteiger partial charge in [-0.2, -0.15) is 0 Å². The van der Waals surface area contributed by atoms with Crippen molar-refractivity contribution in [3.05, 3.63) is 22.3 Å². The highest BCUT2D eigenvalue weighted by Crippen LogP contribution is 2.21. The number of halogens is 1. The highest BCUT2D eigenvalue weighted by molar-refractivity contribution is 9.10. The summed E-state index contributed by atoms with van der Waals surface area (Å²) in [7, 11) is 0. The van der Waals surface area contributed by atoms with Crippen molar-refractivity contribution in [3.8, 4) is 0 Å². The number of carbonyl (C=O) groups excluding carboxylic acids is 2. The van der Waals surface area contributed by atoms with E-state index in [2.05, 4.69) is 31.5 Å². The van der Waals surface area contributed by atoms with Gasteiger partial charge in [-0.05, 0) is 35.8 Å². The van der Waals surface area contributed by atoms with Crippen LogP contribution in [-0.4, -0.2) is 47.4 Å². The monoisotopic (exact) mass is 340 g/mol. The average Bonchev–Trinajstić information content (AvgIpc) is 2.43. The van der Waals surface area contributed by atoms with Crippen LogP contribution in [-0.2, 0) is 4.79 Å². The largest absolute Gasteiger partial charge is 0.370 e. The van der Waals surface area contributed by atoms with Gasteiger partial charge in [-0.1, -0.05) is 0 Å². The molecule has 0 saturated carbocycles. The molecule has 0 aliphatic carbocycles. The van der Waals surface area contributed by atoms with Crippen LogP contribution in [0.5, 0.6) is 0 Å². The second-order valence-electron chi connectivity index (χ2n) is 4.55. The van der Waals surface area contributed by atoms with Gasteiger partial charge in [-0.3, -0.25) is 9.59 Å². The first kappa shape index (κ1) is 14.8. The summed E-state index contributed by atoms with van der Waals surface area (Å²) in [6.45, 7) is 5.32. The number of anilines is 1. The summed E-state index contributed by atoms with van der Waals surface area (Å²) in [5.41, 5.74) is 0.475. The first-order valence-corrected chi connectivity index (χ1v) is 7.32. The van der Waals surface area contributed by atoms with E-state index < -0.39 is 6.04 Å². The zero-order chi connectivity index (χ0) is 14.7. The van der Waals surface area contributed by atoms with E-state index in [0.717, 1.165) is 4.47 Å². The van der Waals surface area contributed by atoms with E-state index >= 15 is 0 Å². The number of aromatic nitrogens is 1. The highest BCUT2D eigenvalue weighted by Gasteiger charge is 2.31. The van der Waals surface area contributed by atoms with Crippen LogP contribution in [0.4, 0.5) is 5.82 Å². The van der Waals surface area contributed by atoms with E-state index in [0.29, 0.717) is 31.0 Å². The molecule has 1 aromatic heterocycles. The van der Waals surface area contributed by atoms with E-state index in [1.54, 1.807) is 24.1 Å². The third-order valence-electron chi connectivity index (χ3n) is 3.19. The lowest BCUT2D eigenvalue weighted by molar-refractivity contribution is -0.127. The van der Waals surface area contributed by atoms with Gasteiger partial charge in [0.1, 0.15) is 11.9 Å². The number of amides is 2. The molecule has 7 heteroatoms. The van der Waals surface area contributed by atoms with Crippen molar-refractivity contribution in [2.75, 3.05) is 25.0 Å². The van der Waals surface area contributed by atoms with E-state index in [9.17, 15) is 9.59 Å². The topological polar surface area (TPSA) is 74.3 Å². The SMILES string of the molecule is CCNc1ncc(Br)cc1C(=O)N1CCNC(=O)C1C. The zero-order valence-corrected chi connectivity index (χ0v) is 13.0. The first-order chi connectivity index (χ1) is 9.54. The van der Waals surface area contributed by atoms with Crippen LogP contribution in [0, 0.1) is 0 Å². The third-order valence-corrected chi connectivity index (χ3v) is 3.62. The molecule has 1 atom stereocenters. The molecule has 2 amide bonds. The molecule has 2 heterocycles. The molecule has 0 bridgehead atoms. The fourth-order valence-electron chi connectivity index (χ4n) is 2.13. The van der Waals surface area contributed by atoms with Gasteiger partial charge in [-0.15, -0.1) is 0 Å². The molecule has 1 aliphatic heterocycles. The number of carbonyl (C=O) groups is 2. The lowest BCUT2D eigenvalue weighted by atomic mass is 10.1. The quantitative estimate of drug-likeness (QED) is 0.868. The van der Waals surface area contributed by atoms with Crippen LogP contribution < -0.4 is 10.6 Å². The summed E-state index contributed by atoms with van der Waals surface area (Å²) in [5.74, 6) is 0.230. The van der Waals surface area contributed by atoms with E-state index in [1.807, 2.05) is 6.92 Å². The predicted octanol–water partition coefficient (Wildman–Crippen LogP) is 1.24. The minimum atomic E-state index is -0.468. The van der Waals surface area contributed by atoms with Crippen molar-refractivity contribution in [1.82, 2.24) is 15.2 Å². The highest BCUT2D eigenvalue weighted by atomic mass is 79.9. The molecule has 2 N–H and O–H groups in total. The Bertz CT molecular complexity index is 535. The summed E-state index contributed by atoms with van der Waals surface area (Å²) in [6.07, 6.45) is 1.64. The minimum Gasteiger partial charge on any atom is -0.370 e. The molecular weight excluding hydrogens is 324 g/mol. The average molecular weight is 341 g/mol. The van der Waals surface area contributed by atoms with Gasteiger partial charge in [-0.25, -0.2) is 4.98 Å². The fourth-order valence-corrected chi connectivity index (χ4v) is 2.46. The van der Waals surface area contributed by atoms with Gasteiger partial charge in [0.2, 0.25) is 5.91 Å². The van der Waals surface area contributed by atoms with Crippen LogP contribution in [0.2, 0.25) is 0 Å². The number of piperazine rings is 1. The maximum atomic E-state index is 12.6. The number of nitrogens with one attached hydrogen (secondary N) is 2. The summed E-state index contributed by atoms with van der Waals surface area (Å²) in [5, 5.41) is 5.82. The number of hydrogen-bond acceptors (Lipinski definition) is 4. The van der Waals surface area contributed by atoms with Gasteiger partial charge >= 0.3 is 0 Å². The van der Waals surface area contributed by atoms with Crippen molar-refractivity contribution in [2.24, 2.45) is 0 Å². The summed E-state index contributed by atoms with van der Waals surface area (Å²) in [6, 6.07) is 1.26. The Balaban J connectivity index is 2.32. The zero-order valence-electron chi connectivity index (χ0n) is 11.4. The molecule has 0 spiro atoms. The Hall–Kier alpha value is -1.63. The third kappa shape index (κ3) is 2.92. The molecule has 0 radical (unpaired) electrons. The summed E-state index contributed by atoms with van der Waals surface area (Å²) < 4.78 is 0.733. The molecule has 6 nitrogen and oxygen atoms in total. The predicted molar refractivity (Wildman–Crippen MR) is 79.6 cm³/mol. The number of rotatable bonds is 3. The maximum Gasteiger partial charge on any atom is 0.258 e. The van der Waals surface area contributed by atoms with Crippen LogP contribution in [0.1, 0.15) is 24.2 Å². The maximum absolute atomic E-state index is 12.6. The van der Waals surface area contributed by atoms with Gasteiger partial charge in [0.15, 0.2) is 0 Å². The van der Waals surface area contributed by atoms with Gasteiger partial charge < -0.3 is 15.5 Å². The van der Waals surface area contributed by atoms with E-state index in [-0.39, 0.29) is 11.8 Å². The molecule has 1 aliphatic rings. The minimum absolute atomic E-state index is 0.127. The van der Waals surface area contributed by atoms with Crippen molar-refractivity contribution < 1.29 is 9.59 Å². The number of nitrogens with zero attached hydrogens (tertiary/aromatic N) is 2. The van der Waals surface area contributed by atoms with Crippen molar-refractivity contribution in [3.63, 3.8) is 0 Å². The molecule has 108 valence electrons. The van der Waals surface area contributed by atoms with E-state index in [1.165, 1.54) is 0 Å². The van der Waals surface area contributed by atoms with Crippen molar-refractivity contribution in [2.45, 2.75) is 19.9 Å². The fraction of sp³-hybridized carbons (Fsp3) is 0.462. The molecular formula is C13H17BrN4O2. The number of hydrogen-bond donors (Lipinski definition) is 2. The first-order valence-electron chi connectivity index (χ1n) is 6.52. The molecule has 1 aromatic rings. The Labute approximate surface area is 126 Å². The van der Waals surface area contributed by atoms with Crippen molar-refractivity contribution in [1.29, 1.82) is 0 Å². The van der Waals surface area contributed by atoms with Gasteiger partial charge in [0.25, 0.3) is 5.91 Å². The summed E-state index contributed by atoms with van der Waals surface area (Å²) in [4.78, 5) is 30.1. The Kier molecular flexibility index (Phi) is 4.59. The second-order valence-corrected chi connectivity index (χ2v) is 5.46. The van der Waals surface area contributed by atoms with Crippen molar-refractivity contribution >= 4 is 33.6 Å². The van der Waals surface area contributed by atoms with E-state index in [4.69, 9.17) is 0 Å².